The van der Waals surface area contributed by atoms with Crippen LogP contribution in [0.2, 0.25) is 5.02 Å². The van der Waals surface area contributed by atoms with Gasteiger partial charge in [-0.2, -0.15) is 0 Å². The van der Waals surface area contributed by atoms with Gasteiger partial charge in [-0.3, -0.25) is 0 Å². The molecule has 0 aliphatic heterocycles. The normalized spacial score (nSPS) is 12.4. The number of nitrogens with one attached hydrogen (secondary N) is 1. The average molecular weight is 317 g/mol. The number of anilines is 1. The molecule has 0 bridgehead atoms. The zero-order valence-corrected chi connectivity index (χ0v) is 11.9. The second kappa shape index (κ2) is 5.21. The van der Waals surface area contributed by atoms with Crippen molar-refractivity contribution in [2.24, 2.45) is 0 Å². The Morgan fingerprint density at radius 1 is 1.38 bits per heavy atom. The summed E-state index contributed by atoms with van der Waals surface area (Å²) in [5.41, 5.74) is 0.973. The van der Waals surface area contributed by atoms with Gasteiger partial charge in [0.25, 0.3) is 0 Å². The lowest BCUT2D eigenvalue weighted by atomic mass is 10.2. The van der Waals surface area contributed by atoms with Crippen molar-refractivity contribution in [1.29, 1.82) is 0 Å². The SMILES string of the molecule is CC(Nc1ccccc1Cl)c1cc(Br)cs1. The number of rotatable bonds is 3. The molecule has 0 aliphatic rings. The van der Waals surface area contributed by atoms with Crippen LogP contribution in [0.1, 0.15) is 17.8 Å². The van der Waals surface area contributed by atoms with Crippen LogP contribution in [-0.4, -0.2) is 0 Å². The van der Waals surface area contributed by atoms with Gasteiger partial charge in [-0.05, 0) is 41.1 Å². The highest BCUT2D eigenvalue weighted by atomic mass is 79.9. The summed E-state index contributed by atoms with van der Waals surface area (Å²) in [5, 5.41) is 6.24. The fraction of sp³-hybridized carbons (Fsp3) is 0.167. The summed E-state index contributed by atoms with van der Waals surface area (Å²) in [4.78, 5) is 1.28. The number of halogens is 2. The molecule has 1 aromatic carbocycles. The zero-order valence-electron chi connectivity index (χ0n) is 8.71. The van der Waals surface area contributed by atoms with E-state index in [-0.39, 0.29) is 6.04 Å². The molecule has 0 saturated heterocycles. The van der Waals surface area contributed by atoms with E-state index >= 15 is 0 Å². The van der Waals surface area contributed by atoms with E-state index in [1.165, 1.54) is 4.88 Å². The summed E-state index contributed by atoms with van der Waals surface area (Å²) in [6.45, 7) is 2.13. The van der Waals surface area contributed by atoms with Crippen LogP contribution in [0.15, 0.2) is 40.2 Å². The van der Waals surface area contributed by atoms with Crippen LogP contribution in [0.25, 0.3) is 0 Å². The van der Waals surface area contributed by atoms with E-state index in [1.54, 1.807) is 11.3 Å². The zero-order chi connectivity index (χ0) is 11.5. The van der Waals surface area contributed by atoms with Crippen LogP contribution < -0.4 is 5.32 Å². The fourth-order valence-electron chi connectivity index (χ4n) is 1.44. The number of benzene rings is 1. The van der Waals surface area contributed by atoms with Crippen LogP contribution in [0.5, 0.6) is 0 Å². The molecule has 1 N–H and O–H groups in total. The smallest absolute Gasteiger partial charge is 0.0637 e. The first-order chi connectivity index (χ1) is 7.66. The Labute approximate surface area is 113 Å². The lowest BCUT2D eigenvalue weighted by Crippen LogP contribution is -2.04. The van der Waals surface area contributed by atoms with Gasteiger partial charge in [-0.25, -0.2) is 0 Å². The van der Waals surface area contributed by atoms with Crippen molar-refractivity contribution < 1.29 is 0 Å². The molecule has 1 heterocycles. The third-order valence-corrected chi connectivity index (χ3v) is 4.47. The summed E-state index contributed by atoms with van der Waals surface area (Å²) in [5.74, 6) is 0. The first-order valence-electron chi connectivity index (χ1n) is 4.92. The van der Waals surface area contributed by atoms with Crippen LogP contribution in [0.4, 0.5) is 5.69 Å². The molecule has 0 saturated carbocycles. The monoisotopic (exact) mass is 315 g/mol. The Morgan fingerprint density at radius 3 is 2.75 bits per heavy atom. The molecule has 1 nitrogen and oxygen atoms in total. The minimum Gasteiger partial charge on any atom is -0.377 e. The summed E-state index contributed by atoms with van der Waals surface area (Å²) in [6, 6.07) is 10.2. The Balaban J connectivity index is 2.13. The predicted octanol–water partition coefficient (Wildman–Crippen LogP) is 5.34. The molecular formula is C12H11BrClNS. The van der Waals surface area contributed by atoms with Crippen LogP contribution >= 0.6 is 38.9 Å². The van der Waals surface area contributed by atoms with Gasteiger partial charge in [-0.15, -0.1) is 11.3 Å². The molecule has 84 valence electrons. The summed E-state index contributed by atoms with van der Waals surface area (Å²) < 4.78 is 1.13. The highest BCUT2D eigenvalue weighted by Gasteiger charge is 2.09. The highest BCUT2D eigenvalue weighted by molar-refractivity contribution is 9.10. The Morgan fingerprint density at radius 2 is 2.12 bits per heavy atom. The van der Waals surface area contributed by atoms with E-state index < -0.39 is 0 Å². The Hall–Kier alpha value is -0.510. The standard InChI is InChI=1S/C12H11BrClNS/c1-8(12-6-9(13)7-16-12)15-11-5-3-2-4-10(11)14/h2-8,15H,1H3. The van der Waals surface area contributed by atoms with E-state index in [1.807, 2.05) is 24.3 Å². The highest BCUT2D eigenvalue weighted by Crippen LogP contribution is 2.30. The van der Waals surface area contributed by atoms with Gasteiger partial charge in [0.1, 0.15) is 0 Å². The topological polar surface area (TPSA) is 12.0 Å². The first-order valence-corrected chi connectivity index (χ1v) is 6.97. The minimum absolute atomic E-state index is 0.260. The van der Waals surface area contributed by atoms with E-state index in [2.05, 4.69) is 39.6 Å². The lowest BCUT2D eigenvalue weighted by Gasteiger charge is -2.14. The van der Waals surface area contributed by atoms with Crippen LogP contribution in [0.3, 0.4) is 0 Å². The third kappa shape index (κ3) is 2.78. The molecule has 0 aliphatic carbocycles. The number of hydrogen-bond donors (Lipinski definition) is 1. The van der Waals surface area contributed by atoms with Crippen molar-refractivity contribution in [2.45, 2.75) is 13.0 Å². The van der Waals surface area contributed by atoms with Crippen molar-refractivity contribution in [3.05, 3.63) is 50.1 Å². The molecule has 16 heavy (non-hydrogen) atoms. The van der Waals surface area contributed by atoms with Gasteiger partial charge in [0.05, 0.1) is 16.8 Å². The molecule has 0 spiro atoms. The quantitative estimate of drug-likeness (QED) is 0.806. The van der Waals surface area contributed by atoms with E-state index in [9.17, 15) is 0 Å². The molecule has 0 amide bonds. The maximum Gasteiger partial charge on any atom is 0.0637 e. The summed E-state index contributed by atoms with van der Waals surface area (Å²) in [6.07, 6.45) is 0. The van der Waals surface area contributed by atoms with Crippen LogP contribution in [-0.2, 0) is 0 Å². The van der Waals surface area contributed by atoms with Crippen molar-refractivity contribution in [3.63, 3.8) is 0 Å². The average Bonchev–Trinajstić information content (AvgIpc) is 2.68. The van der Waals surface area contributed by atoms with Gasteiger partial charge < -0.3 is 5.32 Å². The van der Waals surface area contributed by atoms with Gasteiger partial charge in [0.15, 0.2) is 0 Å². The molecule has 1 unspecified atom stereocenters. The maximum atomic E-state index is 6.09. The molecule has 4 heteroatoms. The fourth-order valence-corrected chi connectivity index (χ4v) is 3.08. The maximum absolute atomic E-state index is 6.09. The number of thiophene rings is 1. The van der Waals surface area contributed by atoms with E-state index in [0.717, 1.165) is 15.2 Å². The molecular weight excluding hydrogens is 306 g/mol. The van der Waals surface area contributed by atoms with E-state index in [4.69, 9.17) is 11.6 Å². The van der Waals surface area contributed by atoms with Crippen molar-refractivity contribution in [1.82, 2.24) is 0 Å². The molecule has 0 radical (unpaired) electrons. The van der Waals surface area contributed by atoms with Crippen molar-refractivity contribution >= 4 is 44.6 Å². The van der Waals surface area contributed by atoms with Gasteiger partial charge in [-0.1, -0.05) is 23.7 Å². The molecule has 0 fully saturated rings. The molecule has 1 atom stereocenters. The lowest BCUT2D eigenvalue weighted by molar-refractivity contribution is 0.908. The predicted molar refractivity (Wildman–Crippen MR) is 75.5 cm³/mol. The van der Waals surface area contributed by atoms with E-state index in [0.29, 0.717) is 0 Å². The second-order valence-corrected chi connectivity index (χ2v) is 5.78. The molecule has 2 aromatic rings. The second-order valence-electron chi connectivity index (χ2n) is 3.51. The Kier molecular flexibility index (Phi) is 3.90. The molecule has 2 rings (SSSR count). The molecule has 1 aromatic heterocycles. The first kappa shape index (κ1) is 12.0. The van der Waals surface area contributed by atoms with Crippen molar-refractivity contribution in [2.75, 3.05) is 5.32 Å². The number of hydrogen-bond acceptors (Lipinski definition) is 2. The van der Waals surface area contributed by atoms with Crippen molar-refractivity contribution in [3.8, 4) is 0 Å². The van der Waals surface area contributed by atoms with Gasteiger partial charge in [0, 0.05) is 14.7 Å². The summed E-state index contributed by atoms with van der Waals surface area (Å²) in [7, 11) is 0. The largest absolute Gasteiger partial charge is 0.377 e. The minimum atomic E-state index is 0.260. The Bertz CT molecular complexity index is 483. The van der Waals surface area contributed by atoms with Crippen LogP contribution in [0, 0.1) is 0 Å². The summed E-state index contributed by atoms with van der Waals surface area (Å²) >= 11 is 11.3. The van der Waals surface area contributed by atoms with Gasteiger partial charge >= 0.3 is 0 Å². The third-order valence-electron chi connectivity index (χ3n) is 2.26. The van der Waals surface area contributed by atoms with Gasteiger partial charge in [0.2, 0.25) is 0 Å². The number of para-hydroxylation sites is 1.